The van der Waals surface area contributed by atoms with Gasteiger partial charge in [0.2, 0.25) is 5.88 Å². The summed E-state index contributed by atoms with van der Waals surface area (Å²) in [4.78, 5) is 4.43. The number of ether oxygens (including phenoxy) is 1. The molecule has 0 spiro atoms. The SMILES string of the molecule is COc1cccc([C@@H]2CCCCN2)n1. The van der Waals surface area contributed by atoms with Gasteiger partial charge in [0.1, 0.15) is 0 Å². The summed E-state index contributed by atoms with van der Waals surface area (Å²) >= 11 is 0. The van der Waals surface area contributed by atoms with Crippen LogP contribution < -0.4 is 10.1 Å². The lowest BCUT2D eigenvalue weighted by atomic mass is 10.0. The molecule has 1 aromatic rings. The van der Waals surface area contributed by atoms with Gasteiger partial charge in [-0.25, -0.2) is 4.98 Å². The van der Waals surface area contributed by atoms with Crippen molar-refractivity contribution in [1.29, 1.82) is 0 Å². The molecule has 1 aliphatic rings. The fourth-order valence-corrected chi connectivity index (χ4v) is 1.84. The van der Waals surface area contributed by atoms with E-state index in [2.05, 4.69) is 16.4 Å². The Morgan fingerprint density at radius 1 is 1.43 bits per heavy atom. The number of hydrogen-bond donors (Lipinski definition) is 1. The lowest BCUT2D eigenvalue weighted by Gasteiger charge is -2.22. The van der Waals surface area contributed by atoms with E-state index in [-0.39, 0.29) is 0 Å². The van der Waals surface area contributed by atoms with Crippen LogP contribution in [0.4, 0.5) is 0 Å². The lowest BCUT2D eigenvalue weighted by Crippen LogP contribution is -2.27. The van der Waals surface area contributed by atoms with Crippen LogP contribution in [0.3, 0.4) is 0 Å². The highest BCUT2D eigenvalue weighted by atomic mass is 16.5. The highest BCUT2D eigenvalue weighted by Gasteiger charge is 2.15. The molecular formula is C11H16N2O. The zero-order valence-electron chi connectivity index (χ0n) is 8.49. The number of methoxy groups -OCH3 is 1. The second kappa shape index (κ2) is 4.42. The molecule has 0 aromatic carbocycles. The maximum Gasteiger partial charge on any atom is 0.213 e. The number of hydrogen-bond acceptors (Lipinski definition) is 3. The van der Waals surface area contributed by atoms with Gasteiger partial charge in [0.15, 0.2) is 0 Å². The van der Waals surface area contributed by atoms with E-state index in [1.54, 1.807) is 7.11 Å². The van der Waals surface area contributed by atoms with Crippen LogP contribution in [0.5, 0.6) is 5.88 Å². The van der Waals surface area contributed by atoms with Crippen molar-refractivity contribution in [2.75, 3.05) is 13.7 Å². The third kappa shape index (κ3) is 2.04. The van der Waals surface area contributed by atoms with Gasteiger partial charge >= 0.3 is 0 Å². The highest BCUT2D eigenvalue weighted by Crippen LogP contribution is 2.22. The summed E-state index contributed by atoms with van der Waals surface area (Å²) in [7, 11) is 1.65. The second-order valence-corrected chi connectivity index (χ2v) is 3.61. The van der Waals surface area contributed by atoms with Gasteiger partial charge in [-0.05, 0) is 25.5 Å². The molecule has 76 valence electrons. The van der Waals surface area contributed by atoms with Crippen molar-refractivity contribution in [3.05, 3.63) is 23.9 Å². The van der Waals surface area contributed by atoms with Crippen LogP contribution in [0.2, 0.25) is 0 Å². The van der Waals surface area contributed by atoms with Crippen molar-refractivity contribution < 1.29 is 4.74 Å². The van der Waals surface area contributed by atoms with Gasteiger partial charge in [-0.15, -0.1) is 0 Å². The minimum atomic E-state index is 0.416. The average molecular weight is 192 g/mol. The normalized spacial score (nSPS) is 21.9. The molecule has 1 aromatic heterocycles. The number of rotatable bonds is 2. The summed E-state index contributed by atoms with van der Waals surface area (Å²) in [6.07, 6.45) is 3.75. The average Bonchev–Trinajstić information content (AvgIpc) is 2.30. The minimum Gasteiger partial charge on any atom is -0.481 e. The van der Waals surface area contributed by atoms with E-state index in [4.69, 9.17) is 4.74 Å². The Bertz CT molecular complexity index is 295. The number of pyridine rings is 1. The van der Waals surface area contributed by atoms with Gasteiger partial charge in [0, 0.05) is 12.1 Å². The molecule has 0 amide bonds. The maximum absolute atomic E-state index is 5.11. The predicted octanol–water partition coefficient (Wildman–Crippen LogP) is 1.90. The van der Waals surface area contributed by atoms with Crippen LogP contribution in [0.1, 0.15) is 31.0 Å². The van der Waals surface area contributed by atoms with Crippen molar-refractivity contribution in [2.24, 2.45) is 0 Å². The Hall–Kier alpha value is -1.09. The summed E-state index contributed by atoms with van der Waals surface area (Å²) in [6, 6.07) is 6.36. The van der Waals surface area contributed by atoms with E-state index >= 15 is 0 Å². The molecule has 0 saturated carbocycles. The quantitative estimate of drug-likeness (QED) is 0.777. The molecule has 0 bridgehead atoms. The Kier molecular flexibility index (Phi) is 2.99. The monoisotopic (exact) mass is 192 g/mol. The number of aromatic nitrogens is 1. The van der Waals surface area contributed by atoms with Crippen LogP contribution in [-0.2, 0) is 0 Å². The molecule has 1 fully saturated rings. The zero-order valence-corrected chi connectivity index (χ0v) is 8.49. The summed E-state index contributed by atoms with van der Waals surface area (Å²) in [6.45, 7) is 1.10. The third-order valence-electron chi connectivity index (χ3n) is 2.62. The van der Waals surface area contributed by atoms with Crippen molar-refractivity contribution in [3.8, 4) is 5.88 Å². The summed E-state index contributed by atoms with van der Waals surface area (Å²) in [5.74, 6) is 0.704. The largest absolute Gasteiger partial charge is 0.481 e. The Morgan fingerprint density at radius 2 is 2.36 bits per heavy atom. The molecule has 14 heavy (non-hydrogen) atoms. The first-order valence-corrected chi connectivity index (χ1v) is 5.14. The molecule has 1 aliphatic heterocycles. The molecule has 1 atom stereocenters. The highest BCUT2D eigenvalue weighted by molar-refractivity contribution is 5.18. The van der Waals surface area contributed by atoms with Crippen LogP contribution in [-0.4, -0.2) is 18.6 Å². The van der Waals surface area contributed by atoms with Gasteiger partial charge in [0.25, 0.3) is 0 Å². The first kappa shape index (κ1) is 9.46. The summed E-state index contributed by atoms with van der Waals surface area (Å²) < 4.78 is 5.11. The Morgan fingerprint density at radius 3 is 3.07 bits per heavy atom. The van der Waals surface area contributed by atoms with E-state index in [0.717, 1.165) is 12.2 Å². The molecule has 3 heteroatoms. The van der Waals surface area contributed by atoms with Gasteiger partial charge in [-0.2, -0.15) is 0 Å². The standard InChI is InChI=1S/C11H16N2O/c1-14-11-7-4-6-10(13-11)9-5-2-3-8-12-9/h4,6-7,9,12H,2-3,5,8H2,1H3/t9-/m0/s1. The van der Waals surface area contributed by atoms with Crippen molar-refractivity contribution in [3.63, 3.8) is 0 Å². The maximum atomic E-state index is 5.11. The number of nitrogens with zero attached hydrogens (tertiary/aromatic N) is 1. The van der Waals surface area contributed by atoms with Crippen molar-refractivity contribution in [2.45, 2.75) is 25.3 Å². The summed E-state index contributed by atoms with van der Waals surface area (Å²) in [5, 5.41) is 3.47. The van der Waals surface area contributed by atoms with Crippen LogP contribution in [0, 0.1) is 0 Å². The topological polar surface area (TPSA) is 34.1 Å². The smallest absolute Gasteiger partial charge is 0.213 e. The van der Waals surface area contributed by atoms with E-state index < -0.39 is 0 Å². The van der Waals surface area contributed by atoms with Gasteiger partial charge in [-0.3, -0.25) is 0 Å². The lowest BCUT2D eigenvalue weighted by molar-refractivity contribution is 0.378. The molecule has 3 nitrogen and oxygen atoms in total. The van der Waals surface area contributed by atoms with Crippen LogP contribution in [0.25, 0.3) is 0 Å². The fraction of sp³-hybridized carbons (Fsp3) is 0.545. The van der Waals surface area contributed by atoms with E-state index in [1.807, 2.05) is 12.1 Å². The van der Waals surface area contributed by atoms with E-state index in [0.29, 0.717) is 11.9 Å². The number of nitrogens with one attached hydrogen (secondary N) is 1. The zero-order chi connectivity index (χ0) is 9.80. The molecule has 2 heterocycles. The van der Waals surface area contributed by atoms with Gasteiger partial charge < -0.3 is 10.1 Å². The molecule has 2 rings (SSSR count). The van der Waals surface area contributed by atoms with Crippen molar-refractivity contribution >= 4 is 0 Å². The molecule has 0 aliphatic carbocycles. The fourth-order valence-electron chi connectivity index (χ4n) is 1.84. The second-order valence-electron chi connectivity index (χ2n) is 3.61. The first-order valence-electron chi connectivity index (χ1n) is 5.14. The molecular weight excluding hydrogens is 176 g/mol. The van der Waals surface area contributed by atoms with Crippen LogP contribution in [0.15, 0.2) is 18.2 Å². The summed E-state index contributed by atoms with van der Waals surface area (Å²) in [5.41, 5.74) is 1.10. The van der Waals surface area contributed by atoms with E-state index in [1.165, 1.54) is 19.3 Å². The van der Waals surface area contributed by atoms with Crippen LogP contribution >= 0.6 is 0 Å². The van der Waals surface area contributed by atoms with Gasteiger partial charge in [-0.1, -0.05) is 12.5 Å². The Labute approximate surface area is 84.5 Å². The number of piperidine rings is 1. The first-order chi connectivity index (χ1) is 6.90. The Balaban J connectivity index is 2.13. The molecule has 0 unspecified atom stereocenters. The van der Waals surface area contributed by atoms with E-state index in [9.17, 15) is 0 Å². The third-order valence-corrected chi connectivity index (χ3v) is 2.62. The van der Waals surface area contributed by atoms with Crippen molar-refractivity contribution in [1.82, 2.24) is 10.3 Å². The molecule has 1 saturated heterocycles. The molecule has 1 N–H and O–H groups in total. The van der Waals surface area contributed by atoms with Gasteiger partial charge in [0.05, 0.1) is 12.8 Å². The predicted molar refractivity (Wildman–Crippen MR) is 55.4 cm³/mol. The minimum absolute atomic E-state index is 0.416. The molecule has 0 radical (unpaired) electrons.